The maximum absolute atomic E-state index is 11.7. The number of rotatable bonds is 1. The Balaban J connectivity index is 1.88. The van der Waals surface area contributed by atoms with Crippen molar-refractivity contribution in [3.8, 4) is 0 Å². The molecule has 3 heterocycles. The van der Waals surface area contributed by atoms with Crippen LogP contribution in [-0.4, -0.2) is 24.0 Å². The number of nitrogens with one attached hydrogen (secondary N) is 1. The van der Waals surface area contributed by atoms with Gasteiger partial charge in [-0.15, -0.1) is 0 Å². The normalized spacial score (nSPS) is 27.0. The molecule has 0 spiro atoms. The van der Waals surface area contributed by atoms with E-state index in [0.29, 0.717) is 18.4 Å². The zero-order chi connectivity index (χ0) is 12.7. The Morgan fingerprint density at radius 3 is 2.78 bits per heavy atom. The van der Waals surface area contributed by atoms with Crippen molar-refractivity contribution >= 4 is 11.7 Å². The second-order valence-electron chi connectivity index (χ2n) is 5.73. The van der Waals surface area contributed by atoms with Crippen molar-refractivity contribution in [1.82, 2.24) is 10.3 Å². The Morgan fingerprint density at radius 1 is 1.33 bits per heavy atom. The number of carbonyl (C=O) groups excluding carboxylic acids is 1. The molecule has 2 unspecified atom stereocenters. The Hall–Kier alpha value is -1.58. The van der Waals surface area contributed by atoms with Gasteiger partial charge in [0.25, 0.3) is 5.91 Å². The highest BCUT2D eigenvalue weighted by atomic mass is 16.1. The second kappa shape index (κ2) is 4.26. The molecule has 0 saturated carbocycles. The topological polar surface area (TPSA) is 45.2 Å². The van der Waals surface area contributed by atoms with Crippen molar-refractivity contribution in [3.63, 3.8) is 0 Å². The molecule has 0 bridgehead atoms. The molecule has 3 rings (SSSR count). The van der Waals surface area contributed by atoms with E-state index in [-0.39, 0.29) is 5.91 Å². The minimum Gasteiger partial charge on any atom is -0.356 e. The number of anilines is 1. The van der Waals surface area contributed by atoms with Gasteiger partial charge in [-0.2, -0.15) is 0 Å². The number of piperidine rings is 1. The molecule has 1 N–H and O–H groups in total. The molecule has 2 atom stereocenters. The van der Waals surface area contributed by atoms with Crippen LogP contribution in [0.15, 0.2) is 12.3 Å². The van der Waals surface area contributed by atoms with Crippen LogP contribution < -0.4 is 10.2 Å². The molecule has 96 valence electrons. The molecule has 1 amide bonds. The van der Waals surface area contributed by atoms with Crippen LogP contribution in [0, 0.1) is 11.8 Å². The third kappa shape index (κ3) is 1.96. The average molecular weight is 245 g/mol. The van der Waals surface area contributed by atoms with Crippen LogP contribution in [0.2, 0.25) is 0 Å². The molecular formula is C14H19N3O. The second-order valence-corrected chi connectivity index (χ2v) is 5.73. The zero-order valence-electron chi connectivity index (χ0n) is 10.9. The monoisotopic (exact) mass is 245 g/mol. The zero-order valence-corrected chi connectivity index (χ0v) is 10.9. The number of amides is 1. The van der Waals surface area contributed by atoms with Crippen LogP contribution in [0.5, 0.6) is 0 Å². The van der Waals surface area contributed by atoms with Gasteiger partial charge < -0.3 is 10.2 Å². The Kier molecular flexibility index (Phi) is 2.73. The molecule has 1 saturated heterocycles. The molecule has 4 heteroatoms. The van der Waals surface area contributed by atoms with E-state index in [1.54, 1.807) is 0 Å². The Morgan fingerprint density at radius 2 is 2.06 bits per heavy atom. The fraction of sp³-hybridized carbons (Fsp3) is 0.571. The Labute approximate surface area is 107 Å². The van der Waals surface area contributed by atoms with E-state index in [0.717, 1.165) is 30.0 Å². The van der Waals surface area contributed by atoms with Gasteiger partial charge in [-0.3, -0.25) is 4.79 Å². The first-order chi connectivity index (χ1) is 8.63. The molecule has 0 radical (unpaired) electrons. The van der Waals surface area contributed by atoms with E-state index in [2.05, 4.69) is 29.0 Å². The van der Waals surface area contributed by atoms with Gasteiger partial charge in [-0.1, -0.05) is 13.8 Å². The molecule has 0 aromatic carbocycles. The van der Waals surface area contributed by atoms with Gasteiger partial charge >= 0.3 is 0 Å². The molecule has 18 heavy (non-hydrogen) atoms. The maximum atomic E-state index is 11.7. The first kappa shape index (κ1) is 11.5. The number of aromatic nitrogens is 1. The smallest absolute Gasteiger partial charge is 0.252 e. The van der Waals surface area contributed by atoms with E-state index < -0.39 is 0 Å². The van der Waals surface area contributed by atoms with Gasteiger partial charge in [-0.05, 0) is 24.3 Å². The highest BCUT2D eigenvalue weighted by Crippen LogP contribution is 2.27. The van der Waals surface area contributed by atoms with Crippen LogP contribution >= 0.6 is 0 Å². The van der Waals surface area contributed by atoms with E-state index in [9.17, 15) is 4.79 Å². The van der Waals surface area contributed by atoms with Crippen molar-refractivity contribution in [2.75, 3.05) is 18.0 Å². The van der Waals surface area contributed by atoms with Gasteiger partial charge in [0.1, 0.15) is 5.82 Å². The van der Waals surface area contributed by atoms with Crippen molar-refractivity contribution in [1.29, 1.82) is 0 Å². The summed E-state index contributed by atoms with van der Waals surface area (Å²) in [7, 11) is 0. The summed E-state index contributed by atoms with van der Waals surface area (Å²) >= 11 is 0. The minimum absolute atomic E-state index is 0.0340. The number of carbonyl (C=O) groups is 1. The summed E-state index contributed by atoms with van der Waals surface area (Å²) < 4.78 is 0. The standard InChI is InChI=1S/C14H19N3O/c1-9-3-10(2)8-17(7-9)13-4-12-11(5-15-13)6-16-14(12)18/h4-5,9-10H,3,6-8H2,1-2H3,(H,16,18). The number of hydrogen-bond donors (Lipinski definition) is 1. The summed E-state index contributed by atoms with van der Waals surface area (Å²) in [5.74, 6) is 2.37. The lowest BCUT2D eigenvalue weighted by Crippen LogP contribution is -2.39. The van der Waals surface area contributed by atoms with Gasteiger partial charge in [0.2, 0.25) is 0 Å². The molecule has 1 fully saturated rings. The lowest BCUT2D eigenvalue weighted by molar-refractivity contribution is 0.0966. The van der Waals surface area contributed by atoms with Crippen LogP contribution in [0.1, 0.15) is 36.2 Å². The average Bonchev–Trinajstić information content (AvgIpc) is 2.69. The Bertz CT molecular complexity index is 476. The van der Waals surface area contributed by atoms with E-state index in [1.807, 2.05) is 12.3 Å². The van der Waals surface area contributed by atoms with Crippen molar-refractivity contribution in [2.24, 2.45) is 11.8 Å². The first-order valence-electron chi connectivity index (χ1n) is 6.65. The van der Waals surface area contributed by atoms with Crippen molar-refractivity contribution in [2.45, 2.75) is 26.8 Å². The quantitative estimate of drug-likeness (QED) is 0.820. The van der Waals surface area contributed by atoms with Crippen molar-refractivity contribution < 1.29 is 4.79 Å². The summed E-state index contributed by atoms with van der Waals surface area (Å²) in [6, 6.07) is 1.95. The molecular weight excluding hydrogens is 226 g/mol. The summed E-state index contributed by atoms with van der Waals surface area (Å²) in [6.45, 7) is 7.26. The van der Waals surface area contributed by atoms with Crippen LogP contribution in [0.25, 0.3) is 0 Å². The fourth-order valence-corrected chi connectivity index (χ4v) is 3.12. The highest BCUT2D eigenvalue weighted by molar-refractivity contribution is 5.98. The number of nitrogens with zero attached hydrogens (tertiary/aromatic N) is 2. The summed E-state index contributed by atoms with van der Waals surface area (Å²) in [4.78, 5) is 18.5. The summed E-state index contributed by atoms with van der Waals surface area (Å²) in [5.41, 5.74) is 1.81. The fourth-order valence-electron chi connectivity index (χ4n) is 3.12. The lowest BCUT2D eigenvalue weighted by Gasteiger charge is -2.35. The molecule has 1 aromatic heterocycles. The number of pyridine rings is 1. The van der Waals surface area contributed by atoms with Crippen LogP contribution in [0.4, 0.5) is 5.82 Å². The third-order valence-electron chi connectivity index (χ3n) is 3.85. The van der Waals surface area contributed by atoms with E-state index >= 15 is 0 Å². The molecule has 2 aliphatic rings. The van der Waals surface area contributed by atoms with Crippen LogP contribution in [-0.2, 0) is 6.54 Å². The lowest BCUT2D eigenvalue weighted by atomic mass is 9.92. The number of hydrogen-bond acceptors (Lipinski definition) is 3. The maximum Gasteiger partial charge on any atom is 0.252 e. The molecule has 1 aromatic rings. The predicted molar refractivity (Wildman–Crippen MR) is 70.6 cm³/mol. The first-order valence-corrected chi connectivity index (χ1v) is 6.65. The van der Waals surface area contributed by atoms with E-state index in [1.165, 1.54) is 6.42 Å². The predicted octanol–water partition coefficient (Wildman–Crippen LogP) is 1.81. The molecule has 0 aliphatic carbocycles. The minimum atomic E-state index is 0.0340. The van der Waals surface area contributed by atoms with Gasteiger partial charge in [0.15, 0.2) is 0 Å². The van der Waals surface area contributed by atoms with E-state index in [4.69, 9.17) is 0 Å². The van der Waals surface area contributed by atoms with Crippen molar-refractivity contribution in [3.05, 3.63) is 23.4 Å². The molecule has 4 nitrogen and oxygen atoms in total. The summed E-state index contributed by atoms with van der Waals surface area (Å²) in [6.07, 6.45) is 3.12. The largest absolute Gasteiger partial charge is 0.356 e. The van der Waals surface area contributed by atoms with Crippen LogP contribution in [0.3, 0.4) is 0 Å². The van der Waals surface area contributed by atoms with Gasteiger partial charge in [0, 0.05) is 37.0 Å². The highest BCUT2D eigenvalue weighted by Gasteiger charge is 2.25. The third-order valence-corrected chi connectivity index (χ3v) is 3.85. The SMILES string of the molecule is CC1CC(C)CN(c2cc3c(cn2)CNC3=O)C1. The van der Waals surface area contributed by atoms with Gasteiger partial charge in [-0.25, -0.2) is 4.98 Å². The summed E-state index contributed by atoms with van der Waals surface area (Å²) in [5, 5.41) is 2.84. The number of fused-ring (bicyclic) bond motifs is 1. The van der Waals surface area contributed by atoms with Gasteiger partial charge in [0.05, 0.1) is 0 Å². The molecule has 2 aliphatic heterocycles.